The summed E-state index contributed by atoms with van der Waals surface area (Å²) in [4.78, 5) is 12.1. The number of aromatic nitrogens is 2. The first-order valence-corrected chi connectivity index (χ1v) is 7.51. The van der Waals surface area contributed by atoms with Gasteiger partial charge in [-0.2, -0.15) is 5.10 Å². The average Bonchev–Trinajstić information content (AvgIpc) is 3.18. The monoisotopic (exact) mass is 329 g/mol. The molecule has 5 nitrogen and oxygen atoms in total. The molecule has 1 aromatic rings. The minimum atomic E-state index is -0.0771. The van der Waals surface area contributed by atoms with Crippen molar-refractivity contribution in [2.75, 3.05) is 18.5 Å². The number of rotatable bonds is 7. The van der Waals surface area contributed by atoms with Crippen LogP contribution >= 0.6 is 15.9 Å². The van der Waals surface area contributed by atoms with Gasteiger partial charge < -0.3 is 10.4 Å². The van der Waals surface area contributed by atoms with Crippen molar-refractivity contribution in [2.24, 2.45) is 11.8 Å². The second kappa shape index (κ2) is 6.52. The lowest BCUT2D eigenvalue weighted by Crippen LogP contribution is -2.26. The van der Waals surface area contributed by atoms with E-state index < -0.39 is 0 Å². The summed E-state index contributed by atoms with van der Waals surface area (Å²) < 4.78 is 2.07. The van der Waals surface area contributed by atoms with Crippen LogP contribution in [0.5, 0.6) is 0 Å². The van der Waals surface area contributed by atoms with Crippen molar-refractivity contribution in [1.82, 2.24) is 9.78 Å². The van der Waals surface area contributed by atoms with E-state index in [2.05, 4.69) is 33.3 Å². The molecular formula is C13H20BrN3O2. The fourth-order valence-electron chi connectivity index (χ4n) is 1.87. The average molecular weight is 330 g/mol. The first-order valence-electron chi connectivity index (χ1n) is 6.72. The van der Waals surface area contributed by atoms with Gasteiger partial charge in [-0.05, 0) is 47.0 Å². The first-order chi connectivity index (χ1) is 9.11. The van der Waals surface area contributed by atoms with Crippen LogP contribution in [0.25, 0.3) is 0 Å². The number of nitrogens with one attached hydrogen (secondary N) is 1. The molecule has 106 valence electrons. The van der Waals surface area contributed by atoms with Crippen LogP contribution in [-0.2, 0) is 6.54 Å². The van der Waals surface area contributed by atoms with Crippen LogP contribution in [0, 0.1) is 11.8 Å². The van der Waals surface area contributed by atoms with Crippen molar-refractivity contribution in [3.8, 4) is 0 Å². The fraction of sp³-hybridized carbons (Fsp3) is 0.692. The molecule has 1 aliphatic carbocycles. The van der Waals surface area contributed by atoms with Crippen LogP contribution < -0.4 is 10.9 Å². The van der Waals surface area contributed by atoms with E-state index in [1.807, 2.05) is 0 Å². The summed E-state index contributed by atoms with van der Waals surface area (Å²) in [6.45, 7) is 3.68. The van der Waals surface area contributed by atoms with E-state index in [1.165, 1.54) is 17.5 Å². The molecule has 1 fully saturated rings. The van der Waals surface area contributed by atoms with Gasteiger partial charge in [0.1, 0.15) is 4.47 Å². The van der Waals surface area contributed by atoms with Gasteiger partial charge in [-0.25, -0.2) is 4.68 Å². The van der Waals surface area contributed by atoms with Crippen molar-refractivity contribution < 1.29 is 5.11 Å². The second-order valence-corrected chi connectivity index (χ2v) is 6.09. The van der Waals surface area contributed by atoms with E-state index in [0.29, 0.717) is 22.9 Å². The molecule has 2 N–H and O–H groups in total. The topological polar surface area (TPSA) is 67.2 Å². The molecular weight excluding hydrogens is 310 g/mol. The number of hydrogen-bond acceptors (Lipinski definition) is 4. The molecule has 19 heavy (non-hydrogen) atoms. The molecule has 0 aromatic carbocycles. The summed E-state index contributed by atoms with van der Waals surface area (Å²) in [6.07, 6.45) is 4.84. The molecule has 0 amide bonds. The van der Waals surface area contributed by atoms with Crippen LogP contribution in [0.1, 0.15) is 26.2 Å². The molecule has 6 heteroatoms. The zero-order chi connectivity index (χ0) is 13.8. The first kappa shape index (κ1) is 14.5. The Hall–Kier alpha value is -0.880. The highest BCUT2D eigenvalue weighted by Gasteiger charge is 2.23. The smallest absolute Gasteiger partial charge is 0.283 e. The van der Waals surface area contributed by atoms with Crippen LogP contribution in [0.3, 0.4) is 0 Å². The predicted octanol–water partition coefficient (Wildman–Crippen LogP) is 1.85. The third-order valence-electron chi connectivity index (χ3n) is 3.38. The van der Waals surface area contributed by atoms with Gasteiger partial charge in [0.05, 0.1) is 11.9 Å². The summed E-state index contributed by atoms with van der Waals surface area (Å²) in [5.74, 6) is 0.978. The number of halogens is 1. The van der Waals surface area contributed by atoms with E-state index in [9.17, 15) is 4.79 Å². The van der Waals surface area contributed by atoms with E-state index >= 15 is 0 Å². The summed E-state index contributed by atoms with van der Waals surface area (Å²) >= 11 is 3.35. The Morgan fingerprint density at radius 3 is 3.00 bits per heavy atom. The summed E-state index contributed by atoms with van der Waals surface area (Å²) in [5, 5.41) is 16.3. The zero-order valence-corrected chi connectivity index (χ0v) is 12.7. The molecule has 1 aromatic heterocycles. The molecule has 1 unspecified atom stereocenters. The van der Waals surface area contributed by atoms with Gasteiger partial charge in [-0.1, -0.05) is 6.92 Å². The molecule has 1 aliphatic rings. The van der Waals surface area contributed by atoms with Gasteiger partial charge in [0, 0.05) is 19.7 Å². The van der Waals surface area contributed by atoms with Crippen molar-refractivity contribution in [3.05, 3.63) is 21.0 Å². The van der Waals surface area contributed by atoms with Gasteiger partial charge in [0.25, 0.3) is 5.56 Å². The zero-order valence-electron chi connectivity index (χ0n) is 11.1. The van der Waals surface area contributed by atoms with E-state index in [4.69, 9.17) is 5.11 Å². The SMILES string of the molecule is CC(CCO)CNc1cnn(CC2CC2)c(=O)c1Br. The maximum atomic E-state index is 12.1. The molecule has 0 bridgehead atoms. The Labute approximate surface area is 121 Å². The highest BCUT2D eigenvalue weighted by Crippen LogP contribution is 2.30. The molecule has 0 aliphatic heterocycles. The summed E-state index contributed by atoms with van der Waals surface area (Å²) in [6, 6.07) is 0. The van der Waals surface area contributed by atoms with Crippen molar-refractivity contribution in [1.29, 1.82) is 0 Å². The number of aliphatic hydroxyl groups excluding tert-OH is 1. The van der Waals surface area contributed by atoms with E-state index in [0.717, 1.165) is 18.7 Å². The van der Waals surface area contributed by atoms with Gasteiger partial charge in [-0.15, -0.1) is 0 Å². The normalized spacial score (nSPS) is 16.4. The molecule has 0 radical (unpaired) electrons. The van der Waals surface area contributed by atoms with Crippen molar-refractivity contribution in [2.45, 2.75) is 32.7 Å². The van der Waals surface area contributed by atoms with Crippen LogP contribution in [0.4, 0.5) is 5.69 Å². The third-order valence-corrected chi connectivity index (χ3v) is 4.14. The molecule has 2 rings (SSSR count). The van der Waals surface area contributed by atoms with Gasteiger partial charge >= 0.3 is 0 Å². The van der Waals surface area contributed by atoms with Crippen LogP contribution in [0.2, 0.25) is 0 Å². The maximum absolute atomic E-state index is 12.1. The Balaban J connectivity index is 2.01. The largest absolute Gasteiger partial charge is 0.396 e. The van der Waals surface area contributed by atoms with Gasteiger partial charge in [-0.3, -0.25) is 4.79 Å². The molecule has 0 saturated heterocycles. The molecule has 1 heterocycles. The lowest BCUT2D eigenvalue weighted by atomic mass is 10.1. The predicted molar refractivity (Wildman–Crippen MR) is 78.3 cm³/mol. The quantitative estimate of drug-likeness (QED) is 0.801. The van der Waals surface area contributed by atoms with Crippen LogP contribution in [-0.4, -0.2) is 28.0 Å². The van der Waals surface area contributed by atoms with E-state index in [-0.39, 0.29) is 12.2 Å². The third kappa shape index (κ3) is 4.04. The number of aliphatic hydroxyl groups is 1. The summed E-state index contributed by atoms with van der Waals surface area (Å²) in [7, 11) is 0. The number of hydrogen-bond donors (Lipinski definition) is 2. The molecule has 1 atom stereocenters. The van der Waals surface area contributed by atoms with Gasteiger partial charge in [0.15, 0.2) is 0 Å². The Kier molecular flexibility index (Phi) is 4.99. The Morgan fingerprint density at radius 1 is 1.63 bits per heavy atom. The lowest BCUT2D eigenvalue weighted by molar-refractivity contribution is 0.266. The van der Waals surface area contributed by atoms with Crippen molar-refractivity contribution >= 4 is 21.6 Å². The standard InChI is InChI=1S/C13H20BrN3O2/c1-9(4-5-18)6-15-11-7-16-17(8-10-2-3-10)13(19)12(11)14/h7,9-10,15,18H,2-6,8H2,1H3. The number of anilines is 1. The van der Waals surface area contributed by atoms with E-state index in [1.54, 1.807) is 6.20 Å². The highest BCUT2D eigenvalue weighted by molar-refractivity contribution is 9.10. The highest BCUT2D eigenvalue weighted by atomic mass is 79.9. The maximum Gasteiger partial charge on any atom is 0.283 e. The Bertz CT molecular complexity index is 485. The molecule has 1 saturated carbocycles. The van der Waals surface area contributed by atoms with Crippen LogP contribution in [0.15, 0.2) is 15.5 Å². The minimum Gasteiger partial charge on any atom is -0.396 e. The fourth-order valence-corrected chi connectivity index (χ4v) is 2.32. The molecule has 0 spiro atoms. The Morgan fingerprint density at radius 2 is 2.37 bits per heavy atom. The van der Waals surface area contributed by atoms with Crippen molar-refractivity contribution in [3.63, 3.8) is 0 Å². The minimum absolute atomic E-state index is 0.0771. The number of nitrogens with zero attached hydrogens (tertiary/aromatic N) is 2. The second-order valence-electron chi connectivity index (χ2n) is 5.30. The lowest BCUT2D eigenvalue weighted by Gasteiger charge is -2.14. The summed E-state index contributed by atoms with van der Waals surface area (Å²) in [5.41, 5.74) is 0.647. The van der Waals surface area contributed by atoms with Gasteiger partial charge in [0.2, 0.25) is 0 Å².